The van der Waals surface area contributed by atoms with Gasteiger partial charge in [0.2, 0.25) is 5.91 Å². The number of ether oxygens (including phenoxy) is 1. The summed E-state index contributed by atoms with van der Waals surface area (Å²) in [5, 5.41) is 0. The normalized spacial score (nSPS) is 29.4. The van der Waals surface area contributed by atoms with Gasteiger partial charge in [-0.1, -0.05) is 6.92 Å². The van der Waals surface area contributed by atoms with Gasteiger partial charge in [0.05, 0.1) is 12.6 Å². The van der Waals surface area contributed by atoms with Crippen LogP contribution in [0.25, 0.3) is 0 Å². The van der Waals surface area contributed by atoms with Gasteiger partial charge in [0.25, 0.3) is 0 Å². The fourth-order valence-corrected chi connectivity index (χ4v) is 1.82. The van der Waals surface area contributed by atoms with E-state index in [4.69, 9.17) is 4.74 Å². The molecule has 1 fully saturated rings. The minimum Gasteiger partial charge on any atom is -0.383 e. The van der Waals surface area contributed by atoms with E-state index in [1.807, 2.05) is 4.90 Å². The quantitative estimate of drug-likeness (QED) is 0.617. The van der Waals surface area contributed by atoms with Crippen molar-refractivity contribution >= 4 is 5.91 Å². The summed E-state index contributed by atoms with van der Waals surface area (Å²) in [6.07, 6.45) is 1.10. The molecule has 1 rings (SSSR count). The molecule has 0 aromatic carbocycles. The van der Waals surface area contributed by atoms with Crippen LogP contribution in [-0.4, -0.2) is 37.1 Å². The molecule has 3 nitrogen and oxygen atoms in total. The monoisotopic (exact) mass is 171 g/mol. The standard InChI is InChI=1S/C9H17NO2/c1-7-4-5-10(8(2)11)9(7)6-12-3/h7,9H,4-6H2,1-3H3. The molecular weight excluding hydrogens is 154 g/mol. The van der Waals surface area contributed by atoms with E-state index >= 15 is 0 Å². The van der Waals surface area contributed by atoms with Gasteiger partial charge < -0.3 is 9.64 Å². The predicted octanol–water partition coefficient (Wildman–Crippen LogP) is 0.890. The second-order valence-electron chi connectivity index (χ2n) is 3.50. The number of methoxy groups -OCH3 is 1. The van der Waals surface area contributed by atoms with Gasteiger partial charge >= 0.3 is 0 Å². The van der Waals surface area contributed by atoms with Crippen molar-refractivity contribution in [3.05, 3.63) is 0 Å². The zero-order valence-electron chi connectivity index (χ0n) is 8.04. The van der Waals surface area contributed by atoms with Crippen LogP contribution in [0, 0.1) is 5.92 Å². The maximum Gasteiger partial charge on any atom is 0.219 e. The van der Waals surface area contributed by atoms with E-state index in [-0.39, 0.29) is 5.91 Å². The average molecular weight is 171 g/mol. The SMILES string of the molecule is COCC1C(C)CCN1C(C)=O. The van der Waals surface area contributed by atoms with Gasteiger partial charge in [-0.15, -0.1) is 0 Å². The van der Waals surface area contributed by atoms with Crippen molar-refractivity contribution in [2.45, 2.75) is 26.3 Å². The van der Waals surface area contributed by atoms with Crippen LogP contribution in [-0.2, 0) is 9.53 Å². The Hall–Kier alpha value is -0.570. The molecule has 1 amide bonds. The molecular formula is C9H17NO2. The number of likely N-dealkylation sites (tertiary alicyclic amines) is 1. The molecule has 1 heterocycles. The summed E-state index contributed by atoms with van der Waals surface area (Å²) in [6, 6.07) is 0.299. The van der Waals surface area contributed by atoms with Crippen molar-refractivity contribution < 1.29 is 9.53 Å². The van der Waals surface area contributed by atoms with Crippen LogP contribution in [0.3, 0.4) is 0 Å². The minimum atomic E-state index is 0.168. The highest BCUT2D eigenvalue weighted by Crippen LogP contribution is 2.23. The number of rotatable bonds is 2. The lowest BCUT2D eigenvalue weighted by Crippen LogP contribution is -2.38. The molecule has 2 atom stereocenters. The van der Waals surface area contributed by atoms with Gasteiger partial charge in [-0.2, -0.15) is 0 Å². The van der Waals surface area contributed by atoms with Gasteiger partial charge in [-0.3, -0.25) is 4.79 Å². The Morgan fingerprint density at radius 2 is 2.33 bits per heavy atom. The summed E-state index contributed by atoms with van der Waals surface area (Å²) in [6.45, 7) is 5.36. The lowest BCUT2D eigenvalue weighted by molar-refractivity contribution is -0.130. The number of carbonyl (C=O) groups excluding carboxylic acids is 1. The summed E-state index contributed by atoms with van der Waals surface area (Å²) >= 11 is 0. The number of hydrogen-bond acceptors (Lipinski definition) is 2. The van der Waals surface area contributed by atoms with Crippen molar-refractivity contribution in [3.8, 4) is 0 Å². The van der Waals surface area contributed by atoms with Gasteiger partial charge in [-0.05, 0) is 12.3 Å². The summed E-state index contributed by atoms with van der Waals surface area (Å²) in [7, 11) is 1.68. The molecule has 0 spiro atoms. The summed E-state index contributed by atoms with van der Waals surface area (Å²) in [4.78, 5) is 13.1. The number of hydrogen-bond donors (Lipinski definition) is 0. The fraction of sp³-hybridized carbons (Fsp3) is 0.889. The molecule has 0 aliphatic carbocycles. The Morgan fingerprint density at radius 1 is 1.67 bits per heavy atom. The molecule has 0 N–H and O–H groups in total. The first kappa shape index (κ1) is 9.52. The zero-order chi connectivity index (χ0) is 9.14. The van der Waals surface area contributed by atoms with Gasteiger partial charge in [0, 0.05) is 20.6 Å². The zero-order valence-corrected chi connectivity index (χ0v) is 8.04. The van der Waals surface area contributed by atoms with Gasteiger partial charge in [-0.25, -0.2) is 0 Å². The molecule has 1 saturated heterocycles. The lowest BCUT2D eigenvalue weighted by atomic mass is 10.0. The van der Waals surface area contributed by atoms with E-state index < -0.39 is 0 Å². The van der Waals surface area contributed by atoms with Crippen LogP contribution in [0.5, 0.6) is 0 Å². The van der Waals surface area contributed by atoms with Gasteiger partial charge in [0.15, 0.2) is 0 Å². The maximum atomic E-state index is 11.1. The molecule has 0 radical (unpaired) electrons. The van der Waals surface area contributed by atoms with Crippen LogP contribution in [0.1, 0.15) is 20.3 Å². The molecule has 3 heteroatoms. The van der Waals surface area contributed by atoms with Crippen LogP contribution in [0.4, 0.5) is 0 Å². The number of nitrogens with zero attached hydrogens (tertiary/aromatic N) is 1. The number of carbonyl (C=O) groups is 1. The Bertz CT molecular complexity index is 170. The van der Waals surface area contributed by atoms with Crippen LogP contribution in [0.15, 0.2) is 0 Å². The summed E-state index contributed by atoms with van der Waals surface area (Å²) in [5.41, 5.74) is 0. The maximum absolute atomic E-state index is 11.1. The topological polar surface area (TPSA) is 29.5 Å². The van der Waals surface area contributed by atoms with Crippen LogP contribution in [0.2, 0.25) is 0 Å². The van der Waals surface area contributed by atoms with Crippen molar-refractivity contribution in [1.29, 1.82) is 0 Å². The Kier molecular flexibility index (Phi) is 3.09. The first-order chi connectivity index (χ1) is 5.66. The number of amides is 1. The fourth-order valence-electron chi connectivity index (χ4n) is 1.82. The van der Waals surface area contributed by atoms with Crippen molar-refractivity contribution in [3.63, 3.8) is 0 Å². The summed E-state index contributed by atoms with van der Waals surface area (Å²) in [5.74, 6) is 0.746. The summed E-state index contributed by atoms with van der Waals surface area (Å²) < 4.78 is 5.08. The minimum absolute atomic E-state index is 0.168. The van der Waals surface area contributed by atoms with E-state index in [9.17, 15) is 4.79 Å². The molecule has 1 aliphatic rings. The third-order valence-electron chi connectivity index (χ3n) is 2.62. The Morgan fingerprint density at radius 3 is 2.83 bits per heavy atom. The first-order valence-corrected chi connectivity index (χ1v) is 4.43. The largest absolute Gasteiger partial charge is 0.383 e. The molecule has 70 valence electrons. The molecule has 0 saturated carbocycles. The second-order valence-corrected chi connectivity index (χ2v) is 3.50. The Labute approximate surface area is 73.7 Å². The second kappa shape index (κ2) is 3.90. The van der Waals surface area contributed by atoms with E-state index in [1.165, 1.54) is 0 Å². The third-order valence-corrected chi connectivity index (χ3v) is 2.62. The molecule has 1 aliphatic heterocycles. The smallest absolute Gasteiger partial charge is 0.219 e. The van der Waals surface area contributed by atoms with Crippen molar-refractivity contribution in [2.75, 3.05) is 20.3 Å². The average Bonchev–Trinajstić information content (AvgIpc) is 2.34. The highest BCUT2D eigenvalue weighted by Gasteiger charge is 2.32. The predicted molar refractivity (Wildman–Crippen MR) is 46.8 cm³/mol. The van der Waals surface area contributed by atoms with Crippen molar-refractivity contribution in [2.24, 2.45) is 5.92 Å². The first-order valence-electron chi connectivity index (χ1n) is 4.43. The third kappa shape index (κ3) is 1.78. The van der Waals surface area contributed by atoms with Crippen LogP contribution >= 0.6 is 0 Å². The van der Waals surface area contributed by atoms with E-state index in [0.717, 1.165) is 13.0 Å². The molecule has 0 bridgehead atoms. The van der Waals surface area contributed by atoms with Gasteiger partial charge in [0.1, 0.15) is 0 Å². The molecule has 12 heavy (non-hydrogen) atoms. The highest BCUT2D eigenvalue weighted by atomic mass is 16.5. The van der Waals surface area contributed by atoms with Crippen molar-refractivity contribution in [1.82, 2.24) is 4.90 Å². The van der Waals surface area contributed by atoms with E-state index in [1.54, 1.807) is 14.0 Å². The highest BCUT2D eigenvalue weighted by molar-refractivity contribution is 5.74. The Balaban J connectivity index is 2.57. The molecule has 0 aromatic rings. The molecule has 0 aromatic heterocycles. The van der Waals surface area contributed by atoms with E-state index in [2.05, 4.69) is 6.92 Å². The lowest BCUT2D eigenvalue weighted by Gasteiger charge is -2.24. The van der Waals surface area contributed by atoms with Crippen LogP contribution < -0.4 is 0 Å². The molecule has 2 unspecified atom stereocenters. The van der Waals surface area contributed by atoms with E-state index in [0.29, 0.717) is 18.6 Å².